The molecule has 0 aromatic heterocycles. The lowest BCUT2D eigenvalue weighted by atomic mass is 9.63. The summed E-state index contributed by atoms with van der Waals surface area (Å²) in [4.78, 5) is 41.1. The minimum Gasteiger partial charge on any atom is -0.493 e. The maximum Gasteiger partial charge on any atom is 0.323 e. The van der Waals surface area contributed by atoms with E-state index in [1.807, 2.05) is 39.8 Å². The predicted molar refractivity (Wildman–Crippen MR) is 136 cm³/mol. The molecule has 0 radical (unpaired) electrons. The van der Waals surface area contributed by atoms with Crippen LogP contribution in [0.15, 0.2) is 53.4 Å². The van der Waals surface area contributed by atoms with E-state index in [1.54, 1.807) is 24.2 Å². The molecule has 0 saturated heterocycles. The number of nitrogens with zero attached hydrogens (tertiary/aromatic N) is 1. The van der Waals surface area contributed by atoms with Crippen LogP contribution in [0.1, 0.15) is 64.9 Å². The van der Waals surface area contributed by atoms with Crippen molar-refractivity contribution in [2.45, 2.75) is 59.3 Å². The number of ether oxygens (including phenoxy) is 2. The second-order valence-electron chi connectivity index (χ2n) is 11.5. The molecule has 4 rings (SSSR count). The van der Waals surface area contributed by atoms with Crippen molar-refractivity contribution in [1.82, 2.24) is 4.90 Å². The number of hydrogen-bond donors (Lipinski definition) is 1. The number of Topliss-reactive ketones (excluding diaryl/α,β-unsaturated/α-hetero) is 2. The van der Waals surface area contributed by atoms with E-state index in [-0.39, 0.29) is 28.9 Å². The summed E-state index contributed by atoms with van der Waals surface area (Å²) < 4.78 is 11.3. The lowest BCUT2D eigenvalue weighted by molar-refractivity contribution is -0.138. The third kappa shape index (κ3) is 4.71. The van der Waals surface area contributed by atoms with Crippen LogP contribution in [0.2, 0.25) is 0 Å². The number of hydrogen-bond acceptors (Lipinski definition) is 6. The average molecular weight is 494 g/mol. The van der Waals surface area contributed by atoms with Crippen molar-refractivity contribution in [2.75, 3.05) is 20.3 Å². The summed E-state index contributed by atoms with van der Waals surface area (Å²) in [5.41, 5.74) is 2.63. The number of allylic oxidation sites excluding steroid dienone is 4. The standard InChI is InChI=1S/C29H35NO6/c1-7-10-36-22-9-8-17(11-23(22)35-6)25-26-18(12-28(2,3)14-20(26)31)30(16-24(33)34)19-13-29(4,5)15-21(32)27(19)25/h7-9,11,25H,1,10,12-16H2,2-6H3,(H,33,34). The number of rotatable bonds is 7. The SMILES string of the molecule is C=CCOc1ccc(C2C3=C(CC(C)(C)CC3=O)N(CC(=O)O)C3=C2C(=O)CC(C)(C)C3)cc1OC. The molecule has 0 amide bonds. The molecule has 192 valence electrons. The van der Waals surface area contributed by atoms with E-state index in [0.717, 1.165) is 17.0 Å². The van der Waals surface area contributed by atoms with Crippen LogP contribution in [0.4, 0.5) is 0 Å². The van der Waals surface area contributed by atoms with Crippen LogP contribution >= 0.6 is 0 Å². The van der Waals surface area contributed by atoms with Crippen LogP contribution in [-0.2, 0) is 14.4 Å². The Kier molecular flexibility index (Phi) is 6.62. The molecule has 2 aliphatic carbocycles. The van der Waals surface area contributed by atoms with Gasteiger partial charge in [0.25, 0.3) is 0 Å². The first-order valence-corrected chi connectivity index (χ1v) is 12.3. The summed E-state index contributed by atoms with van der Waals surface area (Å²) in [6, 6.07) is 5.48. The second kappa shape index (κ2) is 9.26. The van der Waals surface area contributed by atoms with E-state index in [0.29, 0.717) is 54.9 Å². The van der Waals surface area contributed by atoms with Gasteiger partial charge in [0.1, 0.15) is 13.2 Å². The van der Waals surface area contributed by atoms with Crippen LogP contribution < -0.4 is 9.47 Å². The van der Waals surface area contributed by atoms with E-state index >= 15 is 0 Å². The molecule has 1 aromatic rings. The number of carboxylic acids is 1. The van der Waals surface area contributed by atoms with Gasteiger partial charge in [0.05, 0.1) is 7.11 Å². The lowest BCUT2D eigenvalue weighted by Gasteiger charge is -2.48. The maximum absolute atomic E-state index is 13.7. The summed E-state index contributed by atoms with van der Waals surface area (Å²) in [6.07, 6.45) is 3.43. The number of carboxylic acid groups (broad SMARTS) is 1. The topological polar surface area (TPSA) is 93.1 Å². The molecule has 1 N–H and O–H groups in total. The first kappa shape index (κ1) is 25.7. The Morgan fingerprint density at radius 3 is 2.06 bits per heavy atom. The second-order valence-corrected chi connectivity index (χ2v) is 11.5. The fourth-order valence-electron chi connectivity index (χ4n) is 5.84. The molecule has 0 bridgehead atoms. The third-order valence-corrected chi connectivity index (χ3v) is 7.19. The lowest BCUT2D eigenvalue weighted by Crippen LogP contribution is -2.45. The molecule has 7 nitrogen and oxygen atoms in total. The Labute approximate surface area is 212 Å². The van der Waals surface area contributed by atoms with Crippen molar-refractivity contribution < 1.29 is 29.0 Å². The highest BCUT2D eigenvalue weighted by Crippen LogP contribution is 2.54. The molecule has 1 heterocycles. The highest BCUT2D eigenvalue weighted by molar-refractivity contribution is 6.07. The van der Waals surface area contributed by atoms with Crippen molar-refractivity contribution in [3.05, 3.63) is 59.0 Å². The summed E-state index contributed by atoms with van der Waals surface area (Å²) >= 11 is 0. The molecule has 1 aromatic carbocycles. The Bertz CT molecular complexity index is 1150. The normalized spacial score (nSPS) is 21.2. The van der Waals surface area contributed by atoms with Crippen molar-refractivity contribution in [1.29, 1.82) is 0 Å². The summed E-state index contributed by atoms with van der Waals surface area (Å²) in [6.45, 7) is 11.8. The van der Waals surface area contributed by atoms with Gasteiger partial charge in [-0.05, 0) is 41.4 Å². The Morgan fingerprint density at radius 2 is 1.58 bits per heavy atom. The first-order chi connectivity index (χ1) is 16.9. The molecule has 0 fully saturated rings. The Hall–Kier alpha value is -3.35. The van der Waals surface area contributed by atoms with Gasteiger partial charge in [0, 0.05) is 41.3 Å². The number of carbonyl (C=O) groups excluding carboxylic acids is 2. The van der Waals surface area contributed by atoms with E-state index in [2.05, 4.69) is 6.58 Å². The maximum atomic E-state index is 13.7. The summed E-state index contributed by atoms with van der Waals surface area (Å²) in [7, 11) is 1.55. The molecule has 0 saturated carbocycles. The summed E-state index contributed by atoms with van der Waals surface area (Å²) in [5.74, 6) is -0.619. The largest absolute Gasteiger partial charge is 0.493 e. The van der Waals surface area contributed by atoms with Crippen molar-refractivity contribution in [2.24, 2.45) is 10.8 Å². The number of carbonyl (C=O) groups is 3. The van der Waals surface area contributed by atoms with E-state index in [4.69, 9.17) is 9.47 Å². The fraction of sp³-hybridized carbons (Fsp3) is 0.483. The van der Waals surface area contributed by atoms with Crippen LogP contribution in [0, 0.1) is 10.8 Å². The molecule has 36 heavy (non-hydrogen) atoms. The van der Waals surface area contributed by atoms with Crippen LogP contribution in [-0.4, -0.2) is 47.8 Å². The number of ketones is 2. The van der Waals surface area contributed by atoms with Gasteiger partial charge >= 0.3 is 5.97 Å². The molecule has 1 aliphatic heterocycles. The first-order valence-electron chi connectivity index (χ1n) is 12.3. The van der Waals surface area contributed by atoms with Gasteiger partial charge in [-0.2, -0.15) is 0 Å². The van der Waals surface area contributed by atoms with Gasteiger partial charge in [0.2, 0.25) is 0 Å². The number of aliphatic carboxylic acids is 1. The monoisotopic (exact) mass is 493 g/mol. The number of methoxy groups -OCH3 is 1. The predicted octanol–water partition coefficient (Wildman–Crippen LogP) is 5.03. The molecule has 3 aliphatic rings. The van der Waals surface area contributed by atoms with Gasteiger partial charge in [-0.25, -0.2) is 0 Å². The van der Waals surface area contributed by atoms with Crippen molar-refractivity contribution in [3.63, 3.8) is 0 Å². The quantitative estimate of drug-likeness (QED) is 0.533. The molecule has 0 unspecified atom stereocenters. The van der Waals surface area contributed by atoms with E-state index in [9.17, 15) is 19.5 Å². The summed E-state index contributed by atoms with van der Waals surface area (Å²) in [5, 5.41) is 9.80. The van der Waals surface area contributed by atoms with Crippen molar-refractivity contribution >= 4 is 17.5 Å². The fourth-order valence-corrected chi connectivity index (χ4v) is 5.84. The molecular formula is C29H35NO6. The van der Waals surface area contributed by atoms with Crippen LogP contribution in [0.3, 0.4) is 0 Å². The molecule has 0 spiro atoms. The van der Waals surface area contributed by atoms with Gasteiger partial charge in [0.15, 0.2) is 23.1 Å². The van der Waals surface area contributed by atoms with Crippen LogP contribution in [0.5, 0.6) is 11.5 Å². The molecular weight excluding hydrogens is 458 g/mol. The van der Waals surface area contributed by atoms with Crippen LogP contribution in [0.25, 0.3) is 0 Å². The average Bonchev–Trinajstić information content (AvgIpc) is 2.76. The highest BCUT2D eigenvalue weighted by Gasteiger charge is 2.49. The van der Waals surface area contributed by atoms with Gasteiger partial charge in [-0.3, -0.25) is 14.4 Å². The zero-order chi connectivity index (χ0) is 26.4. The minimum atomic E-state index is -0.996. The Morgan fingerprint density at radius 1 is 1.03 bits per heavy atom. The van der Waals surface area contributed by atoms with Gasteiger partial charge < -0.3 is 19.5 Å². The van der Waals surface area contributed by atoms with Crippen molar-refractivity contribution in [3.8, 4) is 11.5 Å². The smallest absolute Gasteiger partial charge is 0.323 e. The highest BCUT2D eigenvalue weighted by atomic mass is 16.5. The van der Waals surface area contributed by atoms with Gasteiger partial charge in [-0.1, -0.05) is 46.4 Å². The zero-order valence-corrected chi connectivity index (χ0v) is 21.8. The van der Waals surface area contributed by atoms with E-state index < -0.39 is 11.9 Å². The Balaban J connectivity index is 1.97. The van der Waals surface area contributed by atoms with E-state index in [1.165, 1.54) is 0 Å². The minimum absolute atomic E-state index is 0.0447. The third-order valence-electron chi connectivity index (χ3n) is 7.19. The molecule has 7 heteroatoms. The molecule has 0 atom stereocenters. The van der Waals surface area contributed by atoms with Gasteiger partial charge in [-0.15, -0.1) is 0 Å². The zero-order valence-electron chi connectivity index (χ0n) is 21.8. The number of benzene rings is 1.